The Labute approximate surface area is 176 Å². The van der Waals surface area contributed by atoms with E-state index in [2.05, 4.69) is 36.1 Å². The molecule has 0 atom stereocenters. The largest absolute Gasteiger partial charge is 0.329 e. The van der Waals surface area contributed by atoms with Gasteiger partial charge in [-0.1, -0.05) is 34.1 Å². The Kier molecular flexibility index (Phi) is 5.76. The number of pyridine rings is 2. The van der Waals surface area contributed by atoms with Crippen LogP contribution in [-0.4, -0.2) is 31.0 Å². The fraction of sp³-hybridized carbons (Fsp3) is 0.0909. The number of amides is 1. The highest BCUT2D eigenvalue weighted by Crippen LogP contribution is 2.21. The van der Waals surface area contributed by atoms with Crippen molar-refractivity contribution in [3.63, 3.8) is 0 Å². The van der Waals surface area contributed by atoms with E-state index in [0.717, 1.165) is 26.9 Å². The number of carbonyl (C=O) groups excluding carboxylic acids is 1. The first-order valence-corrected chi connectivity index (χ1v) is 9.87. The van der Waals surface area contributed by atoms with E-state index >= 15 is 0 Å². The lowest BCUT2D eigenvalue weighted by atomic mass is 10.1. The van der Waals surface area contributed by atoms with Crippen molar-refractivity contribution < 1.29 is 4.79 Å². The monoisotopic (exact) mass is 447 g/mol. The highest BCUT2D eigenvalue weighted by molar-refractivity contribution is 9.10. The van der Waals surface area contributed by atoms with Crippen LogP contribution in [0.3, 0.4) is 0 Å². The van der Waals surface area contributed by atoms with Crippen molar-refractivity contribution in [2.24, 2.45) is 0 Å². The molecule has 144 valence electrons. The first kappa shape index (κ1) is 19.0. The lowest BCUT2D eigenvalue weighted by molar-refractivity contribution is 0.0724. The Morgan fingerprint density at radius 1 is 0.931 bits per heavy atom. The lowest BCUT2D eigenvalue weighted by Gasteiger charge is -2.22. The number of carbonyl (C=O) groups is 1. The van der Waals surface area contributed by atoms with Gasteiger partial charge in [-0.3, -0.25) is 19.9 Å². The molecular formula is C22H18BrN5O. The molecular weight excluding hydrogens is 430 g/mol. The van der Waals surface area contributed by atoms with Gasteiger partial charge in [0.05, 0.1) is 5.69 Å². The number of halogens is 1. The maximum Gasteiger partial charge on any atom is 0.272 e. The molecule has 1 aromatic carbocycles. The van der Waals surface area contributed by atoms with Gasteiger partial charge in [0.15, 0.2) is 0 Å². The van der Waals surface area contributed by atoms with Crippen molar-refractivity contribution in [1.29, 1.82) is 0 Å². The molecule has 6 nitrogen and oxygen atoms in total. The van der Waals surface area contributed by atoms with Gasteiger partial charge < -0.3 is 4.90 Å². The summed E-state index contributed by atoms with van der Waals surface area (Å²) in [7, 11) is 0. The van der Waals surface area contributed by atoms with E-state index in [4.69, 9.17) is 0 Å². The third kappa shape index (κ3) is 4.75. The topological polar surface area (TPSA) is 74.8 Å². The van der Waals surface area contributed by atoms with Crippen molar-refractivity contribution in [2.75, 3.05) is 0 Å². The van der Waals surface area contributed by atoms with Crippen LogP contribution in [0.1, 0.15) is 21.6 Å². The van der Waals surface area contributed by atoms with Crippen LogP contribution >= 0.6 is 15.9 Å². The zero-order valence-corrected chi connectivity index (χ0v) is 17.1. The van der Waals surface area contributed by atoms with E-state index in [-0.39, 0.29) is 5.91 Å². The van der Waals surface area contributed by atoms with Gasteiger partial charge in [0.1, 0.15) is 5.69 Å². The number of rotatable bonds is 6. The van der Waals surface area contributed by atoms with E-state index in [9.17, 15) is 4.79 Å². The Morgan fingerprint density at radius 2 is 1.69 bits per heavy atom. The predicted molar refractivity (Wildman–Crippen MR) is 114 cm³/mol. The van der Waals surface area contributed by atoms with Crippen LogP contribution in [0, 0.1) is 0 Å². The average Bonchev–Trinajstić information content (AvgIpc) is 3.25. The summed E-state index contributed by atoms with van der Waals surface area (Å²) < 4.78 is 0.994. The number of H-pyrrole nitrogens is 1. The Bertz CT molecular complexity index is 1040. The Hall–Kier alpha value is -3.32. The number of nitrogens with zero attached hydrogens (tertiary/aromatic N) is 4. The fourth-order valence-electron chi connectivity index (χ4n) is 2.99. The van der Waals surface area contributed by atoms with Gasteiger partial charge >= 0.3 is 0 Å². The van der Waals surface area contributed by atoms with Crippen molar-refractivity contribution in [2.45, 2.75) is 13.1 Å². The molecule has 4 aromatic rings. The van der Waals surface area contributed by atoms with Crippen molar-refractivity contribution >= 4 is 21.8 Å². The molecule has 1 amide bonds. The van der Waals surface area contributed by atoms with E-state index in [1.807, 2.05) is 48.5 Å². The van der Waals surface area contributed by atoms with Gasteiger partial charge in [0.2, 0.25) is 0 Å². The zero-order valence-electron chi connectivity index (χ0n) is 15.5. The molecule has 0 bridgehead atoms. The van der Waals surface area contributed by atoms with Crippen molar-refractivity contribution in [3.05, 3.63) is 101 Å². The lowest BCUT2D eigenvalue weighted by Crippen LogP contribution is -2.30. The van der Waals surface area contributed by atoms with E-state index in [0.29, 0.717) is 18.8 Å². The molecule has 1 N–H and O–H groups in total. The number of benzene rings is 1. The second kappa shape index (κ2) is 8.79. The van der Waals surface area contributed by atoms with E-state index in [1.165, 1.54) is 0 Å². The summed E-state index contributed by atoms with van der Waals surface area (Å²) >= 11 is 3.43. The molecule has 3 aromatic heterocycles. The van der Waals surface area contributed by atoms with Crippen LogP contribution in [0.2, 0.25) is 0 Å². The molecule has 0 fully saturated rings. The summed E-state index contributed by atoms with van der Waals surface area (Å²) in [4.78, 5) is 23.2. The van der Waals surface area contributed by atoms with Crippen LogP contribution in [0.25, 0.3) is 11.3 Å². The van der Waals surface area contributed by atoms with Crippen LogP contribution in [0.4, 0.5) is 0 Å². The molecule has 0 aliphatic rings. The quantitative estimate of drug-likeness (QED) is 0.472. The third-order valence-electron chi connectivity index (χ3n) is 4.45. The fourth-order valence-corrected chi connectivity index (χ4v) is 3.25. The molecule has 0 aliphatic carbocycles. The first-order chi connectivity index (χ1) is 14.2. The van der Waals surface area contributed by atoms with Gasteiger partial charge in [-0.05, 0) is 47.5 Å². The molecule has 3 heterocycles. The second-order valence-corrected chi connectivity index (χ2v) is 7.47. The smallest absolute Gasteiger partial charge is 0.272 e. The van der Waals surface area contributed by atoms with Crippen LogP contribution in [0.5, 0.6) is 0 Å². The Morgan fingerprint density at radius 3 is 2.41 bits per heavy atom. The summed E-state index contributed by atoms with van der Waals surface area (Å²) in [6, 6.07) is 17.2. The third-order valence-corrected chi connectivity index (χ3v) is 4.98. The molecule has 0 spiro atoms. The number of nitrogens with one attached hydrogen (secondary N) is 1. The van der Waals surface area contributed by atoms with Crippen molar-refractivity contribution in [1.82, 2.24) is 25.1 Å². The number of hydrogen-bond donors (Lipinski definition) is 1. The second-order valence-electron chi connectivity index (χ2n) is 6.55. The standard InChI is InChI=1S/C22H18BrN5O/c23-19-5-3-18(4-6-19)20-12-21(27-26-20)22(29)28(14-16-7-10-24-11-8-16)15-17-2-1-9-25-13-17/h1-13H,14-15H2,(H,26,27). The van der Waals surface area contributed by atoms with E-state index < -0.39 is 0 Å². The number of hydrogen-bond acceptors (Lipinski definition) is 4. The minimum atomic E-state index is -0.124. The summed E-state index contributed by atoms with van der Waals surface area (Å²) in [6.45, 7) is 0.907. The van der Waals surface area contributed by atoms with Gasteiger partial charge in [-0.15, -0.1) is 0 Å². The normalized spacial score (nSPS) is 10.7. The minimum absolute atomic E-state index is 0.124. The molecule has 0 unspecified atom stereocenters. The average molecular weight is 448 g/mol. The summed E-state index contributed by atoms with van der Waals surface area (Å²) in [5.41, 5.74) is 4.08. The van der Waals surface area contributed by atoms with Crippen molar-refractivity contribution in [3.8, 4) is 11.3 Å². The molecule has 0 saturated heterocycles. The van der Waals surface area contributed by atoms with Crippen LogP contribution in [-0.2, 0) is 13.1 Å². The van der Waals surface area contributed by atoms with Crippen LogP contribution < -0.4 is 0 Å². The molecule has 7 heteroatoms. The van der Waals surface area contributed by atoms with Gasteiger partial charge in [-0.2, -0.15) is 5.10 Å². The molecule has 29 heavy (non-hydrogen) atoms. The maximum absolute atomic E-state index is 13.3. The first-order valence-electron chi connectivity index (χ1n) is 9.07. The Balaban J connectivity index is 1.59. The maximum atomic E-state index is 13.3. The van der Waals surface area contributed by atoms with Crippen LogP contribution in [0.15, 0.2) is 83.9 Å². The molecule has 0 radical (unpaired) electrons. The summed E-state index contributed by atoms with van der Waals surface area (Å²) in [5.74, 6) is -0.124. The van der Waals surface area contributed by atoms with Gasteiger partial charge in [-0.25, -0.2) is 0 Å². The number of aromatic amines is 1. The predicted octanol–water partition coefficient (Wildman–Crippen LogP) is 4.47. The highest BCUT2D eigenvalue weighted by Gasteiger charge is 2.19. The summed E-state index contributed by atoms with van der Waals surface area (Å²) in [5, 5.41) is 7.21. The molecule has 0 aliphatic heterocycles. The van der Waals surface area contributed by atoms with Gasteiger partial charge in [0.25, 0.3) is 5.91 Å². The van der Waals surface area contributed by atoms with Gasteiger partial charge in [0, 0.05) is 47.9 Å². The zero-order chi connectivity index (χ0) is 20.1. The highest BCUT2D eigenvalue weighted by atomic mass is 79.9. The number of aromatic nitrogens is 4. The molecule has 4 rings (SSSR count). The summed E-state index contributed by atoms with van der Waals surface area (Å²) in [6.07, 6.45) is 6.94. The van der Waals surface area contributed by atoms with E-state index in [1.54, 1.807) is 35.8 Å². The SMILES string of the molecule is O=C(c1cc(-c2ccc(Br)cc2)n[nH]1)N(Cc1ccncc1)Cc1cccnc1. The minimum Gasteiger partial charge on any atom is -0.329 e. The molecule has 0 saturated carbocycles.